The Balaban J connectivity index is 1.97. The van der Waals surface area contributed by atoms with Crippen molar-refractivity contribution in [1.29, 1.82) is 0 Å². The molecule has 0 spiro atoms. The van der Waals surface area contributed by atoms with E-state index in [0.717, 1.165) is 45.4 Å². The SMILES string of the molecule is CCC(CC)C(=O)N1CCCN(c2ccccc2)CC1. The Morgan fingerprint density at radius 1 is 1.05 bits per heavy atom. The van der Waals surface area contributed by atoms with Crippen LogP contribution in [0.15, 0.2) is 30.3 Å². The van der Waals surface area contributed by atoms with Crippen molar-refractivity contribution in [3.05, 3.63) is 30.3 Å². The van der Waals surface area contributed by atoms with Gasteiger partial charge in [-0.15, -0.1) is 0 Å². The number of carbonyl (C=O) groups is 1. The van der Waals surface area contributed by atoms with Crippen LogP contribution in [-0.2, 0) is 4.79 Å². The number of benzene rings is 1. The predicted molar refractivity (Wildman–Crippen MR) is 83.9 cm³/mol. The van der Waals surface area contributed by atoms with Crippen LogP contribution in [0.5, 0.6) is 0 Å². The van der Waals surface area contributed by atoms with E-state index in [0.29, 0.717) is 5.91 Å². The maximum Gasteiger partial charge on any atom is 0.225 e. The molecule has 0 saturated carbocycles. The molecule has 1 aromatic rings. The van der Waals surface area contributed by atoms with Crippen molar-refractivity contribution in [3.8, 4) is 0 Å². The topological polar surface area (TPSA) is 23.6 Å². The van der Waals surface area contributed by atoms with Gasteiger partial charge in [-0.05, 0) is 31.4 Å². The summed E-state index contributed by atoms with van der Waals surface area (Å²) in [5, 5.41) is 0. The van der Waals surface area contributed by atoms with E-state index in [4.69, 9.17) is 0 Å². The summed E-state index contributed by atoms with van der Waals surface area (Å²) in [6.45, 7) is 7.95. The van der Waals surface area contributed by atoms with E-state index in [2.05, 4.69) is 47.9 Å². The molecule has 110 valence electrons. The van der Waals surface area contributed by atoms with Crippen molar-refractivity contribution in [2.24, 2.45) is 5.92 Å². The number of hydrogen-bond acceptors (Lipinski definition) is 2. The number of rotatable bonds is 4. The molecule has 1 aliphatic rings. The summed E-state index contributed by atoms with van der Waals surface area (Å²) in [6.07, 6.45) is 2.96. The maximum absolute atomic E-state index is 12.5. The first-order valence-electron chi connectivity index (χ1n) is 7.85. The summed E-state index contributed by atoms with van der Waals surface area (Å²) in [5.41, 5.74) is 1.27. The Hall–Kier alpha value is -1.51. The van der Waals surface area contributed by atoms with Crippen molar-refractivity contribution in [2.75, 3.05) is 31.1 Å². The minimum absolute atomic E-state index is 0.207. The molecule has 0 N–H and O–H groups in total. The van der Waals surface area contributed by atoms with Crippen LogP contribution in [0.4, 0.5) is 5.69 Å². The quantitative estimate of drug-likeness (QED) is 0.842. The van der Waals surface area contributed by atoms with Gasteiger partial charge in [-0.3, -0.25) is 4.79 Å². The molecule has 1 saturated heterocycles. The van der Waals surface area contributed by atoms with Gasteiger partial charge in [0.1, 0.15) is 0 Å². The highest BCUT2D eigenvalue weighted by Gasteiger charge is 2.23. The molecule has 0 atom stereocenters. The standard InChI is InChI=1S/C17H26N2O/c1-3-15(4-2)17(20)19-12-8-11-18(13-14-19)16-9-6-5-7-10-16/h5-7,9-10,15H,3-4,8,11-14H2,1-2H3. The van der Waals surface area contributed by atoms with Gasteiger partial charge >= 0.3 is 0 Å². The minimum atomic E-state index is 0.207. The lowest BCUT2D eigenvalue weighted by atomic mass is 10.0. The molecule has 2 rings (SSSR count). The Morgan fingerprint density at radius 2 is 1.75 bits per heavy atom. The molecule has 0 bridgehead atoms. The van der Waals surface area contributed by atoms with Crippen molar-refractivity contribution >= 4 is 11.6 Å². The van der Waals surface area contributed by atoms with Crippen LogP contribution in [0.3, 0.4) is 0 Å². The molecular formula is C17H26N2O. The summed E-state index contributed by atoms with van der Waals surface area (Å²) in [4.78, 5) is 16.9. The predicted octanol–water partition coefficient (Wildman–Crippen LogP) is 3.16. The zero-order valence-corrected chi connectivity index (χ0v) is 12.7. The van der Waals surface area contributed by atoms with Crippen molar-refractivity contribution < 1.29 is 4.79 Å². The van der Waals surface area contributed by atoms with Crippen LogP contribution < -0.4 is 4.90 Å². The molecule has 3 heteroatoms. The number of hydrogen-bond donors (Lipinski definition) is 0. The lowest BCUT2D eigenvalue weighted by Crippen LogP contribution is -2.38. The molecule has 1 amide bonds. The zero-order valence-electron chi connectivity index (χ0n) is 12.7. The lowest BCUT2D eigenvalue weighted by molar-refractivity contribution is -0.135. The Labute approximate surface area is 122 Å². The second-order valence-electron chi connectivity index (χ2n) is 5.51. The van der Waals surface area contributed by atoms with Gasteiger partial charge in [-0.25, -0.2) is 0 Å². The van der Waals surface area contributed by atoms with Gasteiger partial charge in [0, 0.05) is 37.8 Å². The van der Waals surface area contributed by atoms with E-state index < -0.39 is 0 Å². The van der Waals surface area contributed by atoms with Crippen LogP contribution in [-0.4, -0.2) is 37.0 Å². The third-order valence-corrected chi connectivity index (χ3v) is 4.26. The number of amides is 1. The Bertz CT molecular complexity index is 414. The summed E-state index contributed by atoms with van der Waals surface area (Å²) in [7, 11) is 0. The first-order chi connectivity index (χ1) is 9.76. The summed E-state index contributed by atoms with van der Waals surface area (Å²) >= 11 is 0. The molecular weight excluding hydrogens is 248 g/mol. The van der Waals surface area contributed by atoms with E-state index >= 15 is 0 Å². The van der Waals surface area contributed by atoms with E-state index in [9.17, 15) is 4.79 Å². The molecule has 1 aromatic carbocycles. The Morgan fingerprint density at radius 3 is 2.40 bits per heavy atom. The normalized spacial score (nSPS) is 16.4. The number of anilines is 1. The number of para-hydroxylation sites is 1. The van der Waals surface area contributed by atoms with Crippen LogP contribution >= 0.6 is 0 Å². The average Bonchev–Trinajstić information content (AvgIpc) is 2.75. The summed E-state index contributed by atoms with van der Waals surface area (Å²) in [6, 6.07) is 10.5. The number of carbonyl (C=O) groups excluding carboxylic acids is 1. The van der Waals surface area contributed by atoms with Crippen molar-refractivity contribution in [3.63, 3.8) is 0 Å². The van der Waals surface area contributed by atoms with Crippen molar-refractivity contribution in [2.45, 2.75) is 33.1 Å². The monoisotopic (exact) mass is 274 g/mol. The molecule has 20 heavy (non-hydrogen) atoms. The first-order valence-corrected chi connectivity index (χ1v) is 7.85. The van der Waals surface area contributed by atoms with Gasteiger partial charge in [0.2, 0.25) is 5.91 Å². The van der Waals surface area contributed by atoms with Crippen LogP contribution in [0.25, 0.3) is 0 Å². The van der Waals surface area contributed by atoms with Gasteiger partial charge in [0.05, 0.1) is 0 Å². The summed E-state index contributed by atoms with van der Waals surface area (Å²) < 4.78 is 0. The molecule has 3 nitrogen and oxygen atoms in total. The van der Waals surface area contributed by atoms with Crippen molar-refractivity contribution in [1.82, 2.24) is 4.90 Å². The molecule has 0 unspecified atom stereocenters. The molecule has 1 aliphatic heterocycles. The smallest absolute Gasteiger partial charge is 0.225 e. The fraction of sp³-hybridized carbons (Fsp3) is 0.588. The largest absolute Gasteiger partial charge is 0.370 e. The lowest BCUT2D eigenvalue weighted by Gasteiger charge is -2.26. The molecule has 0 radical (unpaired) electrons. The van der Waals surface area contributed by atoms with E-state index in [1.165, 1.54) is 5.69 Å². The van der Waals surface area contributed by atoms with Crippen LogP contribution in [0.1, 0.15) is 33.1 Å². The van der Waals surface area contributed by atoms with Gasteiger partial charge in [0.15, 0.2) is 0 Å². The van der Waals surface area contributed by atoms with Gasteiger partial charge < -0.3 is 9.80 Å². The third-order valence-electron chi connectivity index (χ3n) is 4.26. The second-order valence-corrected chi connectivity index (χ2v) is 5.51. The number of nitrogens with zero attached hydrogens (tertiary/aromatic N) is 2. The third kappa shape index (κ3) is 3.53. The molecule has 1 heterocycles. The van der Waals surface area contributed by atoms with E-state index in [1.54, 1.807) is 0 Å². The minimum Gasteiger partial charge on any atom is -0.370 e. The zero-order chi connectivity index (χ0) is 14.4. The van der Waals surface area contributed by atoms with Gasteiger partial charge in [0.25, 0.3) is 0 Å². The van der Waals surface area contributed by atoms with E-state index in [1.807, 2.05) is 6.07 Å². The fourth-order valence-corrected chi connectivity index (χ4v) is 2.93. The molecule has 0 aliphatic carbocycles. The van der Waals surface area contributed by atoms with Gasteiger partial charge in [-0.1, -0.05) is 32.0 Å². The van der Waals surface area contributed by atoms with E-state index in [-0.39, 0.29) is 5.92 Å². The average molecular weight is 274 g/mol. The first kappa shape index (κ1) is 14.9. The fourth-order valence-electron chi connectivity index (χ4n) is 2.93. The highest BCUT2D eigenvalue weighted by molar-refractivity contribution is 5.78. The maximum atomic E-state index is 12.5. The molecule has 0 aromatic heterocycles. The van der Waals surface area contributed by atoms with Crippen LogP contribution in [0.2, 0.25) is 0 Å². The highest BCUT2D eigenvalue weighted by Crippen LogP contribution is 2.18. The van der Waals surface area contributed by atoms with Crippen LogP contribution in [0, 0.1) is 5.92 Å². The Kier molecular flexibility index (Phi) is 5.45. The second kappa shape index (κ2) is 7.32. The highest BCUT2D eigenvalue weighted by atomic mass is 16.2. The molecule has 1 fully saturated rings. The van der Waals surface area contributed by atoms with Gasteiger partial charge in [-0.2, -0.15) is 0 Å². The summed E-state index contributed by atoms with van der Waals surface area (Å²) in [5.74, 6) is 0.559.